The molecule has 1 amide bonds. The SMILES string of the molecule is NC1(c2nnc(C(=O)Nc3cc(F)c4n[nH]c(C=Cc5ccc(F)cc5)c4c3)o2)CC1. The van der Waals surface area contributed by atoms with Crippen LogP contribution in [-0.2, 0) is 5.54 Å². The predicted octanol–water partition coefficient (Wildman–Crippen LogP) is 3.59. The number of nitrogens with two attached hydrogens (primary N) is 1. The van der Waals surface area contributed by atoms with Crippen molar-refractivity contribution in [1.29, 1.82) is 0 Å². The third-order valence-electron chi connectivity index (χ3n) is 5.05. The Hall–Kier alpha value is -3.92. The molecule has 31 heavy (non-hydrogen) atoms. The van der Waals surface area contributed by atoms with Gasteiger partial charge in [0.15, 0.2) is 5.82 Å². The normalized spacial score (nSPS) is 14.9. The van der Waals surface area contributed by atoms with Crippen LogP contribution in [0.25, 0.3) is 23.1 Å². The average molecular weight is 422 g/mol. The van der Waals surface area contributed by atoms with Crippen LogP contribution >= 0.6 is 0 Å². The fourth-order valence-electron chi connectivity index (χ4n) is 3.10. The molecule has 2 heterocycles. The van der Waals surface area contributed by atoms with Crippen LogP contribution in [-0.4, -0.2) is 26.3 Å². The van der Waals surface area contributed by atoms with Crippen LogP contribution in [0.3, 0.4) is 0 Å². The van der Waals surface area contributed by atoms with Crippen molar-refractivity contribution < 1.29 is 18.0 Å². The number of anilines is 1. The zero-order valence-electron chi connectivity index (χ0n) is 16.0. The molecular formula is C21H16F2N6O2. The molecule has 0 spiro atoms. The van der Waals surface area contributed by atoms with E-state index in [-0.39, 0.29) is 28.8 Å². The number of nitrogens with zero attached hydrogens (tertiary/aromatic N) is 3. The summed E-state index contributed by atoms with van der Waals surface area (Å²) < 4.78 is 32.9. The molecule has 4 aromatic rings. The van der Waals surface area contributed by atoms with E-state index in [1.807, 2.05) is 0 Å². The highest BCUT2D eigenvalue weighted by atomic mass is 19.1. The van der Waals surface area contributed by atoms with Gasteiger partial charge < -0.3 is 15.5 Å². The standard InChI is InChI=1S/C21H16F2N6O2/c22-12-4-1-11(2-5-12)3-6-16-14-9-13(10-15(23)17(14)27-26-16)25-18(30)19-28-29-20(31-19)21(24)7-8-21/h1-6,9-10H,7-8,24H2,(H,25,30)(H,26,27). The molecule has 8 nitrogen and oxygen atoms in total. The molecule has 0 atom stereocenters. The Labute approximate surface area is 174 Å². The van der Waals surface area contributed by atoms with Crippen LogP contribution in [0, 0.1) is 11.6 Å². The maximum Gasteiger partial charge on any atom is 0.313 e. The highest BCUT2D eigenvalue weighted by Crippen LogP contribution is 2.41. The summed E-state index contributed by atoms with van der Waals surface area (Å²) in [5, 5.41) is 17.3. The minimum atomic E-state index is -0.673. The van der Waals surface area contributed by atoms with Gasteiger partial charge in [-0.15, -0.1) is 10.2 Å². The summed E-state index contributed by atoms with van der Waals surface area (Å²) in [6, 6.07) is 8.64. The Balaban J connectivity index is 1.40. The van der Waals surface area contributed by atoms with Crippen molar-refractivity contribution >= 4 is 34.6 Å². The fraction of sp³-hybridized carbons (Fsp3) is 0.143. The van der Waals surface area contributed by atoms with Gasteiger partial charge in [0.1, 0.15) is 11.3 Å². The lowest BCUT2D eigenvalue weighted by Gasteiger charge is -2.04. The number of rotatable bonds is 5. The lowest BCUT2D eigenvalue weighted by molar-refractivity contribution is 0.0987. The molecule has 0 saturated heterocycles. The van der Waals surface area contributed by atoms with Gasteiger partial charge in [0.2, 0.25) is 5.89 Å². The van der Waals surface area contributed by atoms with Crippen molar-refractivity contribution in [3.8, 4) is 0 Å². The third-order valence-corrected chi connectivity index (χ3v) is 5.05. The smallest absolute Gasteiger partial charge is 0.313 e. The highest BCUT2D eigenvalue weighted by molar-refractivity contribution is 6.02. The monoisotopic (exact) mass is 422 g/mol. The summed E-state index contributed by atoms with van der Waals surface area (Å²) in [6.07, 6.45) is 4.85. The molecule has 10 heteroatoms. The molecule has 1 saturated carbocycles. The summed E-state index contributed by atoms with van der Waals surface area (Å²) in [6.45, 7) is 0. The molecular weight excluding hydrogens is 406 g/mol. The molecule has 2 aromatic heterocycles. The summed E-state index contributed by atoms with van der Waals surface area (Å²) in [4.78, 5) is 12.4. The number of aromatic amines is 1. The van der Waals surface area contributed by atoms with E-state index in [0.717, 1.165) is 11.6 Å². The number of benzene rings is 2. The molecule has 156 valence electrons. The van der Waals surface area contributed by atoms with E-state index in [0.29, 0.717) is 23.9 Å². The number of hydrogen-bond acceptors (Lipinski definition) is 6. The van der Waals surface area contributed by atoms with E-state index in [1.54, 1.807) is 30.4 Å². The highest BCUT2D eigenvalue weighted by Gasteiger charge is 2.45. The minimum Gasteiger partial charge on any atom is -0.415 e. The summed E-state index contributed by atoms with van der Waals surface area (Å²) in [5.74, 6) is -1.67. The molecule has 0 bridgehead atoms. The van der Waals surface area contributed by atoms with E-state index < -0.39 is 17.3 Å². The molecule has 1 aliphatic carbocycles. The fourth-order valence-corrected chi connectivity index (χ4v) is 3.10. The Morgan fingerprint density at radius 1 is 1.16 bits per heavy atom. The first-order valence-electron chi connectivity index (χ1n) is 9.47. The van der Waals surface area contributed by atoms with E-state index in [4.69, 9.17) is 10.2 Å². The van der Waals surface area contributed by atoms with Crippen LogP contribution in [0.4, 0.5) is 14.5 Å². The Bertz CT molecular complexity index is 1320. The van der Waals surface area contributed by atoms with Crippen molar-refractivity contribution in [2.24, 2.45) is 5.73 Å². The number of carbonyl (C=O) groups excluding carboxylic acids is 1. The third kappa shape index (κ3) is 3.68. The van der Waals surface area contributed by atoms with Crippen LogP contribution in [0.15, 0.2) is 40.8 Å². The number of fused-ring (bicyclic) bond motifs is 1. The molecule has 1 aliphatic rings. The lowest BCUT2D eigenvalue weighted by atomic mass is 10.1. The molecule has 4 N–H and O–H groups in total. The van der Waals surface area contributed by atoms with Gasteiger partial charge in [0.05, 0.1) is 11.2 Å². The molecule has 2 aromatic carbocycles. The first kappa shape index (κ1) is 19.1. The second-order valence-corrected chi connectivity index (χ2v) is 7.40. The first-order chi connectivity index (χ1) is 14.9. The lowest BCUT2D eigenvalue weighted by Crippen LogP contribution is -2.19. The molecule has 0 unspecified atom stereocenters. The van der Waals surface area contributed by atoms with Crippen molar-refractivity contribution in [3.63, 3.8) is 0 Å². The van der Waals surface area contributed by atoms with Crippen molar-refractivity contribution in [1.82, 2.24) is 20.4 Å². The van der Waals surface area contributed by atoms with E-state index in [9.17, 15) is 13.6 Å². The van der Waals surface area contributed by atoms with Crippen LogP contribution in [0.2, 0.25) is 0 Å². The number of hydrogen-bond donors (Lipinski definition) is 3. The van der Waals surface area contributed by atoms with Gasteiger partial charge >= 0.3 is 11.8 Å². The second kappa shape index (κ2) is 7.10. The van der Waals surface area contributed by atoms with Gasteiger partial charge in [0, 0.05) is 11.1 Å². The summed E-state index contributed by atoms with van der Waals surface area (Å²) in [5.41, 5.74) is 6.93. The van der Waals surface area contributed by atoms with Crippen LogP contribution in [0.1, 0.15) is 40.7 Å². The van der Waals surface area contributed by atoms with Gasteiger partial charge in [-0.3, -0.25) is 9.89 Å². The Morgan fingerprint density at radius 2 is 1.94 bits per heavy atom. The number of halogens is 2. The van der Waals surface area contributed by atoms with Crippen molar-refractivity contribution in [3.05, 3.63) is 71.1 Å². The van der Waals surface area contributed by atoms with Crippen molar-refractivity contribution in [2.75, 3.05) is 5.32 Å². The minimum absolute atomic E-state index is 0.121. The number of H-pyrrole nitrogens is 1. The van der Waals surface area contributed by atoms with Crippen LogP contribution < -0.4 is 11.1 Å². The van der Waals surface area contributed by atoms with E-state index in [2.05, 4.69) is 25.7 Å². The average Bonchev–Trinajstić information content (AvgIpc) is 3.16. The summed E-state index contributed by atoms with van der Waals surface area (Å²) >= 11 is 0. The zero-order chi connectivity index (χ0) is 21.6. The molecule has 1 fully saturated rings. The number of nitrogens with one attached hydrogen (secondary N) is 2. The maximum atomic E-state index is 14.5. The Morgan fingerprint density at radius 3 is 2.68 bits per heavy atom. The van der Waals surface area contributed by atoms with Gasteiger partial charge in [-0.2, -0.15) is 5.10 Å². The molecule has 0 aliphatic heterocycles. The Kier molecular flexibility index (Phi) is 4.36. The maximum absolute atomic E-state index is 14.5. The van der Waals surface area contributed by atoms with Gasteiger partial charge in [-0.05, 0) is 48.7 Å². The van der Waals surface area contributed by atoms with Crippen molar-refractivity contribution in [2.45, 2.75) is 18.4 Å². The number of aromatic nitrogens is 4. The van der Waals surface area contributed by atoms with E-state index in [1.165, 1.54) is 12.1 Å². The van der Waals surface area contributed by atoms with Gasteiger partial charge in [-0.1, -0.05) is 18.2 Å². The number of amides is 1. The largest absolute Gasteiger partial charge is 0.415 e. The van der Waals surface area contributed by atoms with E-state index >= 15 is 0 Å². The first-order valence-corrected chi connectivity index (χ1v) is 9.47. The molecule has 5 rings (SSSR count). The molecule has 0 radical (unpaired) electrons. The van der Waals surface area contributed by atoms with Crippen LogP contribution in [0.5, 0.6) is 0 Å². The quantitative estimate of drug-likeness (QED) is 0.452. The summed E-state index contributed by atoms with van der Waals surface area (Å²) in [7, 11) is 0. The number of carbonyl (C=O) groups is 1. The van der Waals surface area contributed by atoms with Gasteiger partial charge in [-0.25, -0.2) is 8.78 Å². The predicted molar refractivity (Wildman–Crippen MR) is 109 cm³/mol. The topological polar surface area (TPSA) is 123 Å². The second-order valence-electron chi connectivity index (χ2n) is 7.40. The van der Waals surface area contributed by atoms with Gasteiger partial charge in [0.25, 0.3) is 0 Å². The zero-order valence-corrected chi connectivity index (χ0v) is 16.0.